The van der Waals surface area contributed by atoms with Crippen molar-refractivity contribution in [2.24, 2.45) is 11.7 Å². The van der Waals surface area contributed by atoms with Crippen molar-refractivity contribution in [2.75, 3.05) is 13.1 Å². The number of aromatic nitrogens is 1. The molecule has 3 nitrogen and oxygen atoms in total. The lowest BCUT2D eigenvalue weighted by Crippen LogP contribution is -2.41. The Hall–Kier alpha value is -0.930. The number of nitrogens with zero attached hydrogens (tertiary/aromatic N) is 2. The summed E-state index contributed by atoms with van der Waals surface area (Å²) in [5.41, 5.74) is 7.08. The molecule has 1 fully saturated rings. The zero-order chi connectivity index (χ0) is 13.0. The summed E-state index contributed by atoms with van der Waals surface area (Å²) >= 11 is 0. The van der Waals surface area contributed by atoms with Crippen molar-refractivity contribution in [3.05, 3.63) is 30.1 Å². The average molecular weight is 247 g/mol. The molecule has 100 valence electrons. The van der Waals surface area contributed by atoms with Crippen molar-refractivity contribution in [2.45, 2.75) is 45.2 Å². The summed E-state index contributed by atoms with van der Waals surface area (Å²) in [4.78, 5) is 7.07. The van der Waals surface area contributed by atoms with E-state index >= 15 is 0 Å². The van der Waals surface area contributed by atoms with E-state index in [1.165, 1.54) is 25.0 Å². The maximum absolute atomic E-state index is 5.91. The molecule has 18 heavy (non-hydrogen) atoms. The summed E-state index contributed by atoms with van der Waals surface area (Å²) < 4.78 is 0. The molecule has 1 aromatic rings. The minimum absolute atomic E-state index is 0.383. The summed E-state index contributed by atoms with van der Waals surface area (Å²) in [6.45, 7) is 6.39. The molecule has 1 heterocycles. The smallest absolute Gasteiger partial charge is 0.0572 e. The van der Waals surface area contributed by atoms with Crippen molar-refractivity contribution < 1.29 is 0 Å². The average Bonchev–Trinajstić information content (AvgIpc) is 2.89. The van der Waals surface area contributed by atoms with Gasteiger partial charge >= 0.3 is 0 Å². The van der Waals surface area contributed by atoms with E-state index in [1.807, 2.05) is 12.3 Å². The fraction of sp³-hybridized carbons (Fsp3) is 0.667. The molecule has 3 heteroatoms. The molecule has 1 aliphatic rings. The zero-order valence-electron chi connectivity index (χ0n) is 11.5. The number of nitrogens with two attached hydrogens (primary N) is 1. The highest BCUT2D eigenvalue weighted by Crippen LogP contribution is 2.33. The van der Waals surface area contributed by atoms with Gasteiger partial charge in [0, 0.05) is 18.3 Å². The molecule has 2 rings (SSSR count). The van der Waals surface area contributed by atoms with Crippen LogP contribution in [0.5, 0.6) is 0 Å². The summed E-state index contributed by atoms with van der Waals surface area (Å²) in [7, 11) is 0. The van der Waals surface area contributed by atoms with Crippen molar-refractivity contribution in [1.29, 1.82) is 0 Å². The summed E-state index contributed by atoms with van der Waals surface area (Å²) in [5, 5.41) is 0. The van der Waals surface area contributed by atoms with Crippen LogP contribution in [0, 0.1) is 5.92 Å². The van der Waals surface area contributed by atoms with E-state index in [4.69, 9.17) is 5.73 Å². The van der Waals surface area contributed by atoms with Crippen LogP contribution in [-0.4, -0.2) is 29.0 Å². The lowest BCUT2D eigenvalue weighted by atomic mass is 10.00. The van der Waals surface area contributed by atoms with Crippen LogP contribution in [0.4, 0.5) is 0 Å². The molecule has 0 amide bonds. The van der Waals surface area contributed by atoms with Gasteiger partial charge in [0.15, 0.2) is 0 Å². The van der Waals surface area contributed by atoms with Gasteiger partial charge in [0.05, 0.1) is 5.69 Å². The molecule has 3 unspecified atom stereocenters. The van der Waals surface area contributed by atoms with Gasteiger partial charge in [-0.3, -0.25) is 9.88 Å². The van der Waals surface area contributed by atoms with Crippen molar-refractivity contribution in [3.8, 4) is 0 Å². The zero-order valence-corrected chi connectivity index (χ0v) is 11.5. The first-order chi connectivity index (χ1) is 8.77. The molecule has 1 aliphatic carbocycles. The van der Waals surface area contributed by atoms with E-state index in [1.54, 1.807) is 0 Å². The van der Waals surface area contributed by atoms with E-state index in [0.29, 0.717) is 18.0 Å². The second-order valence-corrected chi connectivity index (χ2v) is 5.26. The topological polar surface area (TPSA) is 42.2 Å². The fourth-order valence-corrected chi connectivity index (χ4v) is 3.32. The minimum Gasteiger partial charge on any atom is -0.330 e. The molecule has 0 aromatic carbocycles. The number of hydrogen-bond acceptors (Lipinski definition) is 3. The van der Waals surface area contributed by atoms with Crippen LogP contribution in [0.25, 0.3) is 0 Å². The SMILES string of the molecule is CCN(C(C)c1ccccn1)C1CCCC1CN. The quantitative estimate of drug-likeness (QED) is 0.869. The molecule has 3 atom stereocenters. The predicted octanol–water partition coefficient (Wildman–Crippen LogP) is 2.59. The number of rotatable bonds is 5. The Morgan fingerprint density at radius 1 is 1.44 bits per heavy atom. The van der Waals surface area contributed by atoms with Gasteiger partial charge in [0.2, 0.25) is 0 Å². The Morgan fingerprint density at radius 2 is 2.28 bits per heavy atom. The van der Waals surface area contributed by atoms with E-state index in [2.05, 4.69) is 35.9 Å². The first-order valence-electron chi connectivity index (χ1n) is 7.14. The van der Waals surface area contributed by atoms with Crippen LogP contribution in [-0.2, 0) is 0 Å². The minimum atomic E-state index is 0.383. The first-order valence-corrected chi connectivity index (χ1v) is 7.14. The molecule has 0 bridgehead atoms. The molecule has 0 aliphatic heterocycles. The van der Waals surface area contributed by atoms with E-state index in [-0.39, 0.29) is 0 Å². The van der Waals surface area contributed by atoms with Gasteiger partial charge in [-0.1, -0.05) is 19.4 Å². The molecule has 1 saturated carbocycles. The standard InChI is InChI=1S/C15H25N3/c1-3-18(15-9-6-7-13(15)11-16)12(2)14-8-4-5-10-17-14/h4-5,8,10,12-13,15H,3,6-7,9,11,16H2,1-2H3. The predicted molar refractivity (Wildman–Crippen MR) is 75.2 cm³/mol. The second kappa shape index (κ2) is 6.30. The largest absolute Gasteiger partial charge is 0.330 e. The Bertz CT molecular complexity index is 352. The van der Waals surface area contributed by atoms with Crippen molar-refractivity contribution in [3.63, 3.8) is 0 Å². The van der Waals surface area contributed by atoms with Crippen LogP contribution >= 0.6 is 0 Å². The summed E-state index contributed by atoms with van der Waals surface area (Å²) in [5.74, 6) is 0.663. The van der Waals surface area contributed by atoms with Gasteiger partial charge in [-0.2, -0.15) is 0 Å². The summed E-state index contributed by atoms with van der Waals surface area (Å²) in [6, 6.07) is 7.19. The Labute approximate surface area is 110 Å². The third kappa shape index (κ3) is 2.73. The molecular weight excluding hydrogens is 222 g/mol. The van der Waals surface area contributed by atoms with Gasteiger partial charge in [-0.05, 0) is 50.9 Å². The molecule has 2 N–H and O–H groups in total. The van der Waals surface area contributed by atoms with Crippen LogP contribution in [0.15, 0.2) is 24.4 Å². The van der Waals surface area contributed by atoms with E-state index < -0.39 is 0 Å². The van der Waals surface area contributed by atoms with Crippen LogP contribution in [0.1, 0.15) is 44.8 Å². The maximum Gasteiger partial charge on any atom is 0.0572 e. The van der Waals surface area contributed by atoms with Crippen LogP contribution in [0.3, 0.4) is 0 Å². The summed E-state index contributed by atoms with van der Waals surface area (Å²) in [6.07, 6.45) is 5.77. The lowest BCUT2D eigenvalue weighted by molar-refractivity contribution is 0.121. The normalized spacial score (nSPS) is 25.6. The third-order valence-electron chi connectivity index (χ3n) is 4.33. The highest BCUT2D eigenvalue weighted by Gasteiger charge is 2.33. The molecule has 0 saturated heterocycles. The fourth-order valence-electron chi connectivity index (χ4n) is 3.32. The van der Waals surface area contributed by atoms with Crippen LogP contribution in [0.2, 0.25) is 0 Å². The third-order valence-corrected chi connectivity index (χ3v) is 4.33. The molecule has 1 aromatic heterocycles. The molecular formula is C15H25N3. The van der Waals surface area contributed by atoms with Gasteiger partial charge in [-0.25, -0.2) is 0 Å². The number of pyridine rings is 1. The molecule has 0 radical (unpaired) electrons. The maximum atomic E-state index is 5.91. The Kier molecular flexibility index (Phi) is 4.72. The van der Waals surface area contributed by atoms with Gasteiger partial charge in [0.1, 0.15) is 0 Å². The Balaban J connectivity index is 2.13. The van der Waals surface area contributed by atoms with E-state index in [9.17, 15) is 0 Å². The second-order valence-electron chi connectivity index (χ2n) is 5.26. The highest BCUT2D eigenvalue weighted by atomic mass is 15.2. The lowest BCUT2D eigenvalue weighted by Gasteiger charge is -2.36. The van der Waals surface area contributed by atoms with Crippen molar-refractivity contribution >= 4 is 0 Å². The van der Waals surface area contributed by atoms with E-state index in [0.717, 1.165) is 13.1 Å². The van der Waals surface area contributed by atoms with Gasteiger partial charge in [-0.15, -0.1) is 0 Å². The monoisotopic (exact) mass is 247 g/mol. The Morgan fingerprint density at radius 3 is 2.89 bits per heavy atom. The van der Waals surface area contributed by atoms with Gasteiger partial charge < -0.3 is 5.73 Å². The first kappa shape index (κ1) is 13.5. The number of hydrogen-bond donors (Lipinski definition) is 1. The van der Waals surface area contributed by atoms with Crippen molar-refractivity contribution in [1.82, 2.24) is 9.88 Å². The molecule has 0 spiro atoms. The van der Waals surface area contributed by atoms with Gasteiger partial charge in [0.25, 0.3) is 0 Å². The highest BCUT2D eigenvalue weighted by molar-refractivity contribution is 5.09. The van der Waals surface area contributed by atoms with Crippen LogP contribution < -0.4 is 5.73 Å².